The molecule has 9 heteroatoms. The minimum Gasteiger partial charge on any atom is -0.371 e. The molecule has 0 spiro atoms. The van der Waals surface area contributed by atoms with E-state index in [-0.39, 0.29) is 11.7 Å². The smallest absolute Gasteiger partial charge is 0.278 e. The third kappa shape index (κ3) is 6.99. The Morgan fingerprint density at radius 3 is 2.07 bits per heavy atom. The molecule has 4 rings (SSSR count). The number of carbonyl (C=O) groups is 3. The number of hydroxylamine groups is 1. The SMILES string of the molecule is CNC(=O)[C@@](C)(C(=O)NO)N(C)C(=O)c1ccc(C#Cc2ccc(CN3CC(OCc4ccccc4)C3)cc2)cc1. The summed E-state index contributed by atoms with van der Waals surface area (Å²) in [6, 6.07) is 24.9. The van der Waals surface area contributed by atoms with Gasteiger partial charge < -0.3 is 15.0 Å². The fourth-order valence-electron chi connectivity index (χ4n) is 4.49. The standard InChI is InChI=1S/C32H34N4O5/c1-32(30(38)33-2,31(39)34-40)35(3)29(37)27-17-15-24(16-18-27)10-9-23-11-13-25(14-12-23)19-36-20-28(21-36)41-22-26-7-5-4-6-8-26/h4-8,11-18,28,40H,19-22H2,1-3H3,(H,33,38)(H,34,39)/t32-/m0/s1. The molecular formula is C32H34N4O5. The van der Waals surface area contributed by atoms with Gasteiger partial charge in [-0.25, -0.2) is 5.48 Å². The molecule has 0 unspecified atom stereocenters. The van der Waals surface area contributed by atoms with Crippen molar-refractivity contribution in [2.75, 3.05) is 27.2 Å². The molecule has 1 aliphatic heterocycles. The van der Waals surface area contributed by atoms with Gasteiger partial charge in [0.05, 0.1) is 12.7 Å². The van der Waals surface area contributed by atoms with Gasteiger partial charge in [0.1, 0.15) is 0 Å². The van der Waals surface area contributed by atoms with Crippen molar-refractivity contribution in [3.05, 3.63) is 107 Å². The van der Waals surface area contributed by atoms with Gasteiger partial charge in [0.25, 0.3) is 17.7 Å². The molecule has 3 aromatic carbocycles. The molecule has 0 aromatic heterocycles. The third-order valence-electron chi connectivity index (χ3n) is 7.28. The van der Waals surface area contributed by atoms with Crippen molar-refractivity contribution in [2.45, 2.75) is 31.7 Å². The lowest BCUT2D eigenvalue weighted by molar-refractivity contribution is -0.148. The number of benzene rings is 3. The van der Waals surface area contributed by atoms with Gasteiger partial charge in [-0.2, -0.15) is 0 Å². The van der Waals surface area contributed by atoms with Gasteiger partial charge >= 0.3 is 0 Å². The van der Waals surface area contributed by atoms with E-state index in [2.05, 4.69) is 46.3 Å². The Balaban J connectivity index is 1.29. The normalized spacial score (nSPS) is 14.5. The van der Waals surface area contributed by atoms with Crippen molar-refractivity contribution >= 4 is 17.7 Å². The molecule has 0 aliphatic carbocycles. The molecule has 0 radical (unpaired) electrons. The molecule has 212 valence electrons. The topological polar surface area (TPSA) is 111 Å². The van der Waals surface area contributed by atoms with Crippen LogP contribution in [0.1, 0.15) is 39.5 Å². The summed E-state index contributed by atoms with van der Waals surface area (Å²) in [5.74, 6) is 3.90. The van der Waals surface area contributed by atoms with E-state index >= 15 is 0 Å². The van der Waals surface area contributed by atoms with Gasteiger partial charge in [-0.15, -0.1) is 0 Å². The Labute approximate surface area is 240 Å². The number of hydrogen-bond acceptors (Lipinski definition) is 6. The average Bonchev–Trinajstić information content (AvgIpc) is 3.00. The van der Waals surface area contributed by atoms with Crippen LogP contribution in [-0.4, -0.2) is 71.6 Å². The molecule has 41 heavy (non-hydrogen) atoms. The van der Waals surface area contributed by atoms with Crippen LogP contribution in [0.2, 0.25) is 0 Å². The van der Waals surface area contributed by atoms with E-state index < -0.39 is 23.3 Å². The molecule has 3 aromatic rings. The van der Waals surface area contributed by atoms with E-state index in [1.165, 1.54) is 37.6 Å². The summed E-state index contributed by atoms with van der Waals surface area (Å²) in [4.78, 5) is 40.9. The summed E-state index contributed by atoms with van der Waals surface area (Å²) in [7, 11) is 2.67. The number of hydrogen-bond donors (Lipinski definition) is 3. The molecule has 0 saturated carbocycles. The zero-order chi connectivity index (χ0) is 29.4. The minimum atomic E-state index is -1.95. The summed E-state index contributed by atoms with van der Waals surface area (Å²) in [6.45, 7) is 4.60. The molecule has 9 nitrogen and oxygen atoms in total. The summed E-state index contributed by atoms with van der Waals surface area (Å²) < 4.78 is 5.98. The van der Waals surface area contributed by atoms with Crippen LogP contribution < -0.4 is 10.8 Å². The number of rotatable bonds is 9. The number of likely N-dealkylation sites (N-methyl/N-ethyl adjacent to an activating group) is 2. The first-order valence-corrected chi connectivity index (χ1v) is 13.3. The van der Waals surface area contributed by atoms with Crippen molar-refractivity contribution in [1.82, 2.24) is 20.6 Å². The van der Waals surface area contributed by atoms with Crippen LogP contribution in [0.5, 0.6) is 0 Å². The zero-order valence-electron chi connectivity index (χ0n) is 23.4. The number of nitrogens with zero attached hydrogens (tertiary/aromatic N) is 2. The van der Waals surface area contributed by atoms with E-state index in [0.717, 1.165) is 30.1 Å². The third-order valence-corrected chi connectivity index (χ3v) is 7.28. The van der Waals surface area contributed by atoms with Crippen molar-refractivity contribution in [2.24, 2.45) is 0 Å². The van der Waals surface area contributed by atoms with E-state index in [0.29, 0.717) is 12.2 Å². The highest BCUT2D eigenvalue weighted by atomic mass is 16.5. The maximum Gasteiger partial charge on any atom is 0.278 e. The van der Waals surface area contributed by atoms with Crippen molar-refractivity contribution in [3.63, 3.8) is 0 Å². The van der Waals surface area contributed by atoms with Crippen LogP contribution in [0, 0.1) is 11.8 Å². The number of likely N-dealkylation sites (tertiary alicyclic amines) is 1. The van der Waals surface area contributed by atoms with Crippen LogP contribution in [-0.2, 0) is 27.5 Å². The lowest BCUT2D eigenvalue weighted by atomic mass is 9.96. The maximum absolute atomic E-state index is 13.0. The van der Waals surface area contributed by atoms with Crippen LogP contribution in [0.3, 0.4) is 0 Å². The lowest BCUT2D eigenvalue weighted by Crippen LogP contribution is -2.64. The first-order valence-electron chi connectivity index (χ1n) is 13.3. The second-order valence-corrected chi connectivity index (χ2v) is 10.1. The average molecular weight is 555 g/mol. The highest BCUT2D eigenvalue weighted by molar-refractivity contribution is 6.12. The Hall–Kier alpha value is -4.49. The van der Waals surface area contributed by atoms with E-state index in [1.807, 2.05) is 30.3 Å². The van der Waals surface area contributed by atoms with Gasteiger partial charge in [0.2, 0.25) is 0 Å². The van der Waals surface area contributed by atoms with E-state index in [9.17, 15) is 14.4 Å². The lowest BCUT2D eigenvalue weighted by Gasteiger charge is -2.39. The molecule has 1 aliphatic rings. The van der Waals surface area contributed by atoms with E-state index in [4.69, 9.17) is 9.94 Å². The Bertz CT molecular complexity index is 1410. The highest BCUT2D eigenvalue weighted by Gasteiger charge is 2.47. The number of carbonyl (C=O) groups excluding carboxylic acids is 3. The predicted octanol–water partition coefficient (Wildman–Crippen LogP) is 2.57. The Morgan fingerprint density at radius 1 is 0.927 bits per heavy atom. The molecule has 1 saturated heterocycles. The molecule has 1 atom stereocenters. The molecule has 3 amide bonds. The highest BCUT2D eigenvalue weighted by Crippen LogP contribution is 2.19. The largest absolute Gasteiger partial charge is 0.371 e. The molecule has 1 fully saturated rings. The van der Waals surface area contributed by atoms with Gasteiger partial charge in [-0.05, 0) is 54.4 Å². The molecule has 1 heterocycles. The van der Waals surface area contributed by atoms with Crippen LogP contribution in [0.25, 0.3) is 0 Å². The fraction of sp³-hybridized carbons (Fsp3) is 0.281. The molecule has 0 bridgehead atoms. The minimum absolute atomic E-state index is 0.266. The van der Waals surface area contributed by atoms with Crippen molar-refractivity contribution in [3.8, 4) is 11.8 Å². The van der Waals surface area contributed by atoms with Crippen molar-refractivity contribution in [1.29, 1.82) is 0 Å². The monoisotopic (exact) mass is 554 g/mol. The first kappa shape index (κ1) is 29.5. The van der Waals surface area contributed by atoms with Crippen LogP contribution >= 0.6 is 0 Å². The van der Waals surface area contributed by atoms with E-state index in [1.54, 1.807) is 24.3 Å². The molecular weight excluding hydrogens is 520 g/mol. The Kier molecular flexibility index (Phi) is 9.53. The summed E-state index contributed by atoms with van der Waals surface area (Å²) >= 11 is 0. The zero-order valence-corrected chi connectivity index (χ0v) is 23.4. The quantitative estimate of drug-likeness (QED) is 0.162. The molecule has 3 N–H and O–H groups in total. The summed E-state index contributed by atoms with van der Waals surface area (Å²) in [5, 5.41) is 11.4. The predicted molar refractivity (Wildman–Crippen MR) is 154 cm³/mol. The number of nitrogens with one attached hydrogen (secondary N) is 2. The maximum atomic E-state index is 13.0. The van der Waals surface area contributed by atoms with Crippen molar-refractivity contribution < 1.29 is 24.3 Å². The summed E-state index contributed by atoms with van der Waals surface area (Å²) in [6.07, 6.45) is 0.267. The van der Waals surface area contributed by atoms with Gasteiger partial charge in [-0.3, -0.25) is 24.5 Å². The van der Waals surface area contributed by atoms with Crippen LogP contribution in [0.15, 0.2) is 78.9 Å². The second-order valence-electron chi connectivity index (χ2n) is 10.1. The summed E-state index contributed by atoms with van der Waals surface area (Å²) in [5.41, 5.74) is 3.76. The fourth-order valence-corrected chi connectivity index (χ4v) is 4.49. The van der Waals surface area contributed by atoms with Crippen LogP contribution in [0.4, 0.5) is 0 Å². The number of amides is 3. The van der Waals surface area contributed by atoms with Gasteiger partial charge in [0, 0.05) is 50.4 Å². The second kappa shape index (κ2) is 13.2. The van der Waals surface area contributed by atoms with Gasteiger partial charge in [0.15, 0.2) is 5.54 Å². The number of ether oxygens (including phenoxy) is 1. The first-order chi connectivity index (χ1) is 19.7. The van der Waals surface area contributed by atoms with Gasteiger partial charge in [-0.1, -0.05) is 54.3 Å². The Morgan fingerprint density at radius 2 is 1.51 bits per heavy atom.